The average molecular weight is 434 g/mol. The maximum Gasteiger partial charge on any atom is 0.319 e. The van der Waals surface area contributed by atoms with E-state index >= 15 is 0 Å². The van der Waals surface area contributed by atoms with Crippen LogP contribution in [0.5, 0.6) is 0 Å². The zero-order valence-corrected chi connectivity index (χ0v) is 19.5. The maximum atomic E-state index is 12.6. The topological polar surface area (TPSA) is 79.9 Å². The molecule has 7 heteroatoms. The number of amides is 3. The van der Waals surface area contributed by atoms with Crippen LogP contribution in [0.3, 0.4) is 0 Å². The van der Waals surface area contributed by atoms with Crippen molar-refractivity contribution in [3.63, 3.8) is 0 Å². The van der Waals surface area contributed by atoms with Gasteiger partial charge in [-0.05, 0) is 56.4 Å². The second-order valence-electron chi connectivity index (χ2n) is 8.44. The monoisotopic (exact) mass is 433 g/mol. The van der Waals surface area contributed by atoms with Crippen molar-refractivity contribution >= 4 is 17.6 Å². The minimum absolute atomic E-state index is 0.0360. The number of rotatable bonds is 12. The number of hydrogen-bond acceptors (Lipinski definition) is 4. The largest absolute Gasteiger partial charge is 0.350 e. The Kier molecular flexibility index (Phi) is 10.3. The first-order valence-electron chi connectivity index (χ1n) is 11.6. The van der Waals surface area contributed by atoms with Crippen molar-refractivity contribution in [2.45, 2.75) is 66.1 Å². The summed E-state index contributed by atoms with van der Waals surface area (Å²) in [6, 6.07) is 6.83. The van der Waals surface area contributed by atoms with Crippen molar-refractivity contribution in [2.24, 2.45) is 5.41 Å². The van der Waals surface area contributed by atoms with Gasteiger partial charge < -0.3 is 25.0 Å². The average Bonchev–Trinajstić information content (AvgIpc) is 3.32. The number of anilines is 1. The van der Waals surface area contributed by atoms with Crippen LogP contribution in [0.15, 0.2) is 24.3 Å². The molecule has 31 heavy (non-hydrogen) atoms. The van der Waals surface area contributed by atoms with Gasteiger partial charge in [-0.1, -0.05) is 27.7 Å². The SMILES string of the molecule is CCCN(CCC)C(=O)c1ccc(NC(=O)NCCCC(C)(CC)C2OCCO2)cc1. The predicted molar refractivity (Wildman–Crippen MR) is 123 cm³/mol. The van der Waals surface area contributed by atoms with Gasteiger partial charge >= 0.3 is 6.03 Å². The molecule has 1 aliphatic heterocycles. The molecule has 0 bridgehead atoms. The summed E-state index contributed by atoms with van der Waals surface area (Å²) in [4.78, 5) is 26.7. The third-order valence-electron chi connectivity index (χ3n) is 5.87. The van der Waals surface area contributed by atoms with Gasteiger partial charge in [-0.2, -0.15) is 0 Å². The Morgan fingerprint density at radius 2 is 1.68 bits per heavy atom. The molecule has 1 saturated heterocycles. The van der Waals surface area contributed by atoms with Gasteiger partial charge in [-0.15, -0.1) is 0 Å². The highest BCUT2D eigenvalue weighted by Crippen LogP contribution is 2.35. The van der Waals surface area contributed by atoms with E-state index in [1.807, 2.05) is 4.90 Å². The molecule has 0 radical (unpaired) electrons. The van der Waals surface area contributed by atoms with Crippen molar-refractivity contribution < 1.29 is 19.1 Å². The lowest BCUT2D eigenvalue weighted by Crippen LogP contribution is -2.35. The molecule has 1 atom stereocenters. The van der Waals surface area contributed by atoms with Gasteiger partial charge in [0.2, 0.25) is 0 Å². The van der Waals surface area contributed by atoms with Crippen LogP contribution in [0.1, 0.15) is 70.2 Å². The highest BCUT2D eigenvalue weighted by Gasteiger charge is 2.36. The summed E-state index contributed by atoms with van der Waals surface area (Å²) in [6.45, 7) is 11.9. The van der Waals surface area contributed by atoms with E-state index < -0.39 is 0 Å². The number of nitrogens with one attached hydrogen (secondary N) is 2. The molecule has 174 valence electrons. The first-order chi connectivity index (χ1) is 14.9. The second kappa shape index (κ2) is 12.7. The second-order valence-corrected chi connectivity index (χ2v) is 8.44. The number of urea groups is 1. The van der Waals surface area contributed by atoms with Gasteiger partial charge in [0.15, 0.2) is 6.29 Å². The fourth-order valence-electron chi connectivity index (χ4n) is 3.82. The smallest absolute Gasteiger partial charge is 0.319 e. The molecule has 7 nitrogen and oxygen atoms in total. The lowest BCUT2D eigenvalue weighted by atomic mass is 9.82. The van der Waals surface area contributed by atoms with Crippen LogP contribution in [0, 0.1) is 5.41 Å². The number of hydrogen-bond donors (Lipinski definition) is 2. The summed E-state index contributed by atoms with van der Waals surface area (Å²) in [5.41, 5.74) is 1.27. The van der Waals surface area contributed by atoms with Crippen molar-refractivity contribution in [2.75, 3.05) is 38.2 Å². The molecule has 1 fully saturated rings. The molecule has 2 N–H and O–H groups in total. The maximum absolute atomic E-state index is 12.6. The first kappa shape index (κ1) is 25.1. The van der Waals surface area contributed by atoms with Gasteiger partial charge in [0.25, 0.3) is 5.91 Å². The highest BCUT2D eigenvalue weighted by molar-refractivity contribution is 5.95. The van der Waals surface area contributed by atoms with Crippen LogP contribution in [-0.2, 0) is 9.47 Å². The number of benzene rings is 1. The van der Waals surface area contributed by atoms with Crippen LogP contribution in [0.4, 0.5) is 10.5 Å². The lowest BCUT2D eigenvalue weighted by molar-refractivity contribution is -0.131. The molecule has 0 saturated carbocycles. The van der Waals surface area contributed by atoms with Gasteiger partial charge in [0.05, 0.1) is 13.2 Å². The lowest BCUT2D eigenvalue weighted by Gasteiger charge is -2.33. The van der Waals surface area contributed by atoms with Gasteiger partial charge in [0, 0.05) is 36.3 Å². The van der Waals surface area contributed by atoms with E-state index in [1.165, 1.54) is 0 Å². The van der Waals surface area contributed by atoms with E-state index in [-0.39, 0.29) is 23.6 Å². The van der Waals surface area contributed by atoms with Crippen LogP contribution < -0.4 is 10.6 Å². The van der Waals surface area contributed by atoms with Crippen LogP contribution in [0.2, 0.25) is 0 Å². The Bertz CT molecular complexity index is 683. The standard InChI is InChI=1S/C24H39N3O4/c1-5-15-27(16-6-2)21(28)19-9-11-20(12-10-19)26-23(29)25-14-8-13-24(4,7-3)22-30-17-18-31-22/h9-12,22H,5-8,13-18H2,1-4H3,(H2,25,26,29). The molecule has 1 unspecified atom stereocenters. The van der Waals surface area contributed by atoms with E-state index in [2.05, 4.69) is 38.3 Å². The van der Waals surface area contributed by atoms with Crippen LogP contribution >= 0.6 is 0 Å². The van der Waals surface area contributed by atoms with Crippen molar-refractivity contribution in [1.82, 2.24) is 10.2 Å². The molecule has 3 amide bonds. The fourth-order valence-corrected chi connectivity index (χ4v) is 3.82. The summed E-state index contributed by atoms with van der Waals surface area (Å²) < 4.78 is 11.4. The zero-order chi connectivity index (χ0) is 22.7. The molecular weight excluding hydrogens is 394 g/mol. The molecule has 1 aromatic rings. The van der Waals surface area contributed by atoms with Gasteiger partial charge in [-0.3, -0.25) is 4.79 Å². The van der Waals surface area contributed by atoms with E-state index in [9.17, 15) is 9.59 Å². The molecule has 1 aliphatic rings. The van der Waals surface area contributed by atoms with E-state index in [0.717, 1.165) is 45.2 Å². The van der Waals surface area contributed by atoms with Crippen molar-refractivity contribution in [1.29, 1.82) is 0 Å². The minimum Gasteiger partial charge on any atom is -0.350 e. The summed E-state index contributed by atoms with van der Waals surface area (Å²) in [5.74, 6) is 0.0360. The van der Waals surface area contributed by atoms with Crippen LogP contribution in [0.25, 0.3) is 0 Å². The number of carbonyl (C=O) groups excluding carboxylic acids is 2. The van der Waals surface area contributed by atoms with Crippen molar-refractivity contribution in [3.8, 4) is 0 Å². The summed E-state index contributed by atoms with van der Waals surface area (Å²) in [7, 11) is 0. The summed E-state index contributed by atoms with van der Waals surface area (Å²) >= 11 is 0. The van der Waals surface area contributed by atoms with E-state index in [1.54, 1.807) is 24.3 Å². The Morgan fingerprint density at radius 1 is 1.06 bits per heavy atom. The predicted octanol–water partition coefficient (Wildman–Crippen LogP) is 4.64. The Morgan fingerprint density at radius 3 is 2.23 bits per heavy atom. The third-order valence-corrected chi connectivity index (χ3v) is 5.87. The third kappa shape index (κ3) is 7.51. The number of nitrogens with zero attached hydrogens (tertiary/aromatic N) is 1. The summed E-state index contributed by atoms with van der Waals surface area (Å²) in [5, 5.41) is 5.73. The van der Waals surface area contributed by atoms with E-state index in [0.29, 0.717) is 31.0 Å². The molecule has 0 aliphatic carbocycles. The van der Waals surface area contributed by atoms with Gasteiger partial charge in [0.1, 0.15) is 0 Å². The summed E-state index contributed by atoms with van der Waals surface area (Å²) in [6.07, 6.45) is 4.44. The minimum atomic E-state index is -0.246. The van der Waals surface area contributed by atoms with Crippen LogP contribution in [-0.4, -0.2) is 56.0 Å². The molecular formula is C24H39N3O4. The van der Waals surface area contributed by atoms with Gasteiger partial charge in [-0.25, -0.2) is 4.79 Å². The molecule has 1 heterocycles. The Hall–Kier alpha value is -2.12. The highest BCUT2D eigenvalue weighted by atomic mass is 16.7. The van der Waals surface area contributed by atoms with Crippen molar-refractivity contribution in [3.05, 3.63) is 29.8 Å². The number of ether oxygens (including phenoxy) is 2. The quantitative estimate of drug-likeness (QED) is 0.471. The zero-order valence-electron chi connectivity index (χ0n) is 19.5. The molecule has 0 aromatic heterocycles. The molecule has 1 aromatic carbocycles. The molecule has 0 spiro atoms. The number of carbonyl (C=O) groups is 2. The van der Waals surface area contributed by atoms with E-state index in [4.69, 9.17) is 9.47 Å². The fraction of sp³-hybridized carbons (Fsp3) is 0.667. The Balaban J connectivity index is 1.77. The first-order valence-corrected chi connectivity index (χ1v) is 11.6. The normalized spacial score (nSPS) is 16.0. The molecule has 2 rings (SSSR count). The Labute approximate surface area is 186 Å².